The molecule has 1 aromatic rings. The summed E-state index contributed by atoms with van der Waals surface area (Å²) in [5, 5.41) is 3.43. The van der Waals surface area contributed by atoms with Crippen molar-refractivity contribution in [3.8, 4) is 5.75 Å². The van der Waals surface area contributed by atoms with Gasteiger partial charge in [0.1, 0.15) is 5.75 Å². The van der Waals surface area contributed by atoms with E-state index in [1.165, 1.54) is 0 Å². The molecule has 0 bridgehead atoms. The molecule has 0 atom stereocenters. The Morgan fingerprint density at radius 2 is 2.41 bits per heavy atom. The fourth-order valence-corrected chi connectivity index (χ4v) is 1.96. The fourth-order valence-electron chi connectivity index (χ4n) is 1.61. The Bertz CT molecular complexity index is 499. The van der Waals surface area contributed by atoms with E-state index in [2.05, 4.69) is 26.0 Å². The maximum absolute atomic E-state index is 11.7. The maximum atomic E-state index is 11.7. The van der Waals surface area contributed by atoms with E-state index in [0.29, 0.717) is 18.0 Å². The summed E-state index contributed by atoms with van der Waals surface area (Å²) in [6.07, 6.45) is 0. The third-order valence-corrected chi connectivity index (χ3v) is 2.84. The first kappa shape index (κ1) is 11.8. The molecule has 0 aromatic heterocycles. The van der Waals surface area contributed by atoms with Gasteiger partial charge in [0.05, 0.1) is 5.69 Å². The number of amides is 1. The number of carbonyl (C=O) groups is 1. The van der Waals surface area contributed by atoms with Crippen LogP contribution in [0.25, 0.3) is 10.4 Å². The summed E-state index contributed by atoms with van der Waals surface area (Å²) in [6.45, 7) is 0.620. The maximum Gasteiger partial charge on any atom is 0.265 e. The predicted molar refractivity (Wildman–Crippen MR) is 66.0 cm³/mol. The summed E-state index contributed by atoms with van der Waals surface area (Å²) in [7, 11) is 0. The van der Waals surface area contributed by atoms with Crippen LogP contribution >= 0.6 is 15.9 Å². The highest BCUT2D eigenvalue weighted by Gasteiger charge is 2.24. The van der Waals surface area contributed by atoms with Gasteiger partial charge in [0.15, 0.2) is 6.61 Å². The van der Waals surface area contributed by atoms with Gasteiger partial charge in [-0.1, -0.05) is 21.0 Å². The molecule has 0 aliphatic carbocycles. The predicted octanol–water partition coefficient (Wildman–Crippen LogP) is 2.48. The first-order valence-corrected chi connectivity index (χ1v) is 5.75. The monoisotopic (exact) mass is 296 g/mol. The normalized spacial score (nSPS) is 13.7. The van der Waals surface area contributed by atoms with Crippen LogP contribution in [-0.2, 0) is 4.79 Å². The van der Waals surface area contributed by atoms with E-state index < -0.39 is 0 Å². The standard InChI is InChI=1S/C10H9BrN4O2/c11-7-1-2-9-8(5-7)15(4-3-13-14-12)10(16)6-17-9/h1-2,5H,3-4,6H2. The van der Waals surface area contributed by atoms with Crippen molar-refractivity contribution in [1.29, 1.82) is 0 Å². The number of halogens is 1. The highest BCUT2D eigenvalue weighted by Crippen LogP contribution is 2.34. The van der Waals surface area contributed by atoms with Gasteiger partial charge in [-0.05, 0) is 23.7 Å². The minimum Gasteiger partial charge on any atom is -0.482 e. The van der Waals surface area contributed by atoms with Crippen LogP contribution in [0.4, 0.5) is 5.69 Å². The van der Waals surface area contributed by atoms with Crippen LogP contribution in [-0.4, -0.2) is 25.6 Å². The quantitative estimate of drug-likeness (QED) is 0.488. The van der Waals surface area contributed by atoms with Gasteiger partial charge in [0.2, 0.25) is 0 Å². The Labute approximate surface area is 106 Å². The molecule has 0 N–H and O–H groups in total. The zero-order chi connectivity index (χ0) is 12.3. The number of anilines is 1. The fraction of sp³-hybridized carbons (Fsp3) is 0.300. The van der Waals surface area contributed by atoms with Crippen LogP contribution in [0.3, 0.4) is 0 Å². The largest absolute Gasteiger partial charge is 0.482 e. The molecule has 0 saturated heterocycles. The second-order valence-electron chi connectivity index (χ2n) is 3.40. The number of carbonyl (C=O) groups excluding carboxylic acids is 1. The van der Waals surface area contributed by atoms with Gasteiger partial charge in [-0.2, -0.15) is 0 Å². The lowest BCUT2D eigenvalue weighted by atomic mass is 10.2. The van der Waals surface area contributed by atoms with E-state index in [-0.39, 0.29) is 19.1 Å². The number of benzene rings is 1. The van der Waals surface area contributed by atoms with Crippen molar-refractivity contribution in [2.45, 2.75) is 0 Å². The molecule has 6 nitrogen and oxygen atoms in total. The number of nitrogens with zero attached hydrogens (tertiary/aromatic N) is 4. The lowest BCUT2D eigenvalue weighted by molar-refractivity contribution is -0.121. The molecule has 0 radical (unpaired) electrons. The van der Waals surface area contributed by atoms with Crippen molar-refractivity contribution in [3.05, 3.63) is 33.1 Å². The van der Waals surface area contributed by atoms with Crippen LogP contribution in [0.1, 0.15) is 0 Å². The summed E-state index contributed by atoms with van der Waals surface area (Å²) in [5.41, 5.74) is 8.92. The average Bonchev–Trinajstić information content (AvgIpc) is 2.32. The van der Waals surface area contributed by atoms with Crippen molar-refractivity contribution in [2.24, 2.45) is 5.11 Å². The van der Waals surface area contributed by atoms with Crippen molar-refractivity contribution < 1.29 is 9.53 Å². The van der Waals surface area contributed by atoms with Crippen LogP contribution < -0.4 is 9.64 Å². The zero-order valence-corrected chi connectivity index (χ0v) is 10.4. The van der Waals surface area contributed by atoms with Crippen molar-refractivity contribution in [2.75, 3.05) is 24.6 Å². The molecule has 1 heterocycles. The summed E-state index contributed by atoms with van der Waals surface area (Å²) in [6, 6.07) is 5.45. The van der Waals surface area contributed by atoms with E-state index in [1.807, 2.05) is 12.1 Å². The number of rotatable bonds is 3. The molecule has 1 aromatic carbocycles. The Morgan fingerprint density at radius 3 is 3.18 bits per heavy atom. The molecule has 17 heavy (non-hydrogen) atoms. The van der Waals surface area contributed by atoms with Crippen molar-refractivity contribution in [3.63, 3.8) is 0 Å². The first-order chi connectivity index (χ1) is 8.22. The van der Waals surface area contributed by atoms with Crippen LogP contribution in [0.2, 0.25) is 0 Å². The van der Waals surface area contributed by atoms with Gasteiger partial charge < -0.3 is 9.64 Å². The molecule has 1 amide bonds. The topological polar surface area (TPSA) is 78.3 Å². The SMILES string of the molecule is [N-]=[N+]=NCCN1C(=O)COc2ccc(Br)cc21. The third kappa shape index (κ3) is 2.51. The average molecular weight is 297 g/mol. The van der Waals surface area contributed by atoms with Crippen molar-refractivity contribution in [1.82, 2.24) is 0 Å². The van der Waals surface area contributed by atoms with E-state index >= 15 is 0 Å². The highest BCUT2D eigenvalue weighted by atomic mass is 79.9. The second-order valence-corrected chi connectivity index (χ2v) is 4.32. The van der Waals surface area contributed by atoms with E-state index in [0.717, 1.165) is 4.47 Å². The van der Waals surface area contributed by atoms with Gasteiger partial charge >= 0.3 is 0 Å². The number of azide groups is 1. The Morgan fingerprint density at radius 1 is 1.59 bits per heavy atom. The number of ether oxygens (including phenoxy) is 1. The van der Waals surface area contributed by atoms with Gasteiger partial charge in [-0.25, -0.2) is 0 Å². The summed E-state index contributed by atoms with van der Waals surface area (Å²) >= 11 is 3.34. The Kier molecular flexibility index (Phi) is 3.51. The smallest absolute Gasteiger partial charge is 0.265 e. The first-order valence-electron chi connectivity index (χ1n) is 4.96. The summed E-state index contributed by atoms with van der Waals surface area (Å²) in [4.78, 5) is 15.9. The highest BCUT2D eigenvalue weighted by molar-refractivity contribution is 9.10. The molecule has 0 unspecified atom stereocenters. The Hall–Kier alpha value is -1.72. The molecule has 1 aliphatic rings. The minimum absolute atomic E-state index is 0.0188. The lowest BCUT2D eigenvalue weighted by Crippen LogP contribution is -2.40. The third-order valence-electron chi connectivity index (χ3n) is 2.35. The molecule has 2 rings (SSSR count). The number of fused-ring (bicyclic) bond motifs is 1. The number of hydrogen-bond donors (Lipinski definition) is 0. The zero-order valence-electron chi connectivity index (χ0n) is 8.84. The number of hydrogen-bond acceptors (Lipinski definition) is 3. The summed E-state index contributed by atoms with van der Waals surface area (Å²) < 4.78 is 6.18. The van der Waals surface area contributed by atoms with Gasteiger partial charge in [0, 0.05) is 22.5 Å². The molecular formula is C10H9BrN4O2. The van der Waals surface area contributed by atoms with Crippen molar-refractivity contribution >= 4 is 27.5 Å². The van der Waals surface area contributed by atoms with Crippen LogP contribution in [0.5, 0.6) is 5.75 Å². The van der Waals surface area contributed by atoms with Gasteiger partial charge in [0.25, 0.3) is 5.91 Å². The van der Waals surface area contributed by atoms with Gasteiger partial charge in [-0.15, -0.1) is 0 Å². The van der Waals surface area contributed by atoms with E-state index in [9.17, 15) is 4.79 Å². The van der Waals surface area contributed by atoms with Gasteiger partial charge in [-0.3, -0.25) is 4.79 Å². The Balaban J connectivity index is 2.28. The van der Waals surface area contributed by atoms with E-state index in [1.54, 1.807) is 11.0 Å². The lowest BCUT2D eigenvalue weighted by Gasteiger charge is -2.29. The molecule has 7 heteroatoms. The molecule has 0 spiro atoms. The molecule has 0 saturated carbocycles. The van der Waals surface area contributed by atoms with E-state index in [4.69, 9.17) is 10.3 Å². The minimum atomic E-state index is -0.135. The second kappa shape index (κ2) is 5.07. The molecule has 88 valence electrons. The molecular weight excluding hydrogens is 288 g/mol. The molecule has 0 fully saturated rings. The van der Waals surface area contributed by atoms with Crippen LogP contribution in [0.15, 0.2) is 27.8 Å². The molecule has 1 aliphatic heterocycles. The summed E-state index contributed by atoms with van der Waals surface area (Å²) in [5.74, 6) is 0.525. The van der Waals surface area contributed by atoms with Crippen LogP contribution in [0, 0.1) is 0 Å².